The van der Waals surface area contributed by atoms with Crippen LogP contribution in [0.3, 0.4) is 0 Å². The minimum atomic E-state index is -0.498. The van der Waals surface area contributed by atoms with Gasteiger partial charge in [-0.25, -0.2) is 4.79 Å². The summed E-state index contributed by atoms with van der Waals surface area (Å²) in [5.74, 6) is 0. The number of hydrogen-bond donors (Lipinski definition) is 0. The van der Waals surface area contributed by atoms with E-state index in [4.69, 9.17) is 9.47 Å². The maximum Gasteiger partial charge on any atom is 0.508 e. The standard InChI is InChI=1S/C27H48O3/c1-3-5-7-9-11-12-13-14-15-16-17-18-19-20-22-24-26-30-27(28)29-25-23-21-10-8-6-4-2/h5,7,11-12,14-15H,3-4,6,8-10,13,16-26H2,1-2H3/b7-5-,12-11-,15-14-. The van der Waals surface area contributed by atoms with E-state index in [2.05, 4.69) is 50.3 Å². The van der Waals surface area contributed by atoms with Gasteiger partial charge in [-0.3, -0.25) is 0 Å². The molecule has 0 atom stereocenters. The van der Waals surface area contributed by atoms with Crippen molar-refractivity contribution in [2.75, 3.05) is 13.2 Å². The van der Waals surface area contributed by atoms with Crippen LogP contribution in [0.15, 0.2) is 36.5 Å². The van der Waals surface area contributed by atoms with E-state index in [1.807, 2.05) is 0 Å². The first-order valence-electron chi connectivity index (χ1n) is 12.6. The van der Waals surface area contributed by atoms with Crippen molar-refractivity contribution in [2.24, 2.45) is 0 Å². The molecule has 0 aliphatic heterocycles. The largest absolute Gasteiger partial charge is 0.508 e. The Hall–Kier alpha value is -1.51. The summed E-state index contributed by atoms with van der Waals surface area (Å²) in [7, 11) is 0. The minimum Gasteiger partial charge on any atom is -0.434 e. The smallest absolute Gasteiger partial charge is 0.434 e. The Labute approximate surface area is 187 Å². The molecule has 0 rings (SSSR count). The fourth-order valence-corrected chi connectivity index (χ4v) is 3.13. The molecule has 0 aromatic heterocycles. The predicted molar refractivity (Wildman–Crippen MR) is 130 cm³/mol. The number of hydrogen-bond acceptors (Lipinski definition) is 3. The van der Waals surface area contributed by atoms with Crippen LogP contribution in [0, 0.1) is 0 Å². The highest BCUT2D eigenvalue weighted by Gasteiger charge is 2.02. The third-order valence-corrected chi connectivity index (χ3v) is 4.98. The molecule has 0 aromatic rings. The van der Waals surface area contributed by atoms with E-state index >= 15 is 0 Å². The second kappa shape index (κ2) is 25.5. The van der Waals surface area contributed by atoms with Crippen LogP contribution in [0.5, 0.6) is 0 Å². The van der Waals surface area contributed by atoms with Crippen molar-refractivity contribution in [3.05, 3.63) is 36.5 Å². The average molecular weight is 421 g/mol. The van der Waals surface area contributed by atoms with E-state index in [0.717, 1.165) is 44.9 Å². The van der Waals surface area contributed by atoms with E-state index < -0.39 is 6.16 Å². The van der Waals surface area contributed by atoms with E-state index in [1.165, 1.54) is 57.8 Å². The van der Waals surface area contributed by atoms with Crippen LogP contribution in [0.1, 0.15) is 117 Å². The molecule has 0 radical (unpaired) electrons. The minimum absolute atomic E-state index is 0.486. The third kappa shape index (κ3) is 24.5. The molecule has 0 spiro atoms. The normalized spacial score (nSPS) is 11.8. The van der Waals surface area contributed by atoms with Crippen molar-refractivity contribution in [3.63, 3.8) is 0 Å². The van der Waals surface area contributed by atoms with Gasteiger partial charge in [-0.05, 0) is 44.9 Å². The third-order valence-electron chi connectivity index (χ3n) is 4.98. The molecule has 0 aliphatic rings. The van der Waals surface area contributed by atoms with Crippen LogP contribution in [-0.2, 0) is 9.47 Å². The first kappa shape index (κ1) is 28.5. The summed E-state index contributed by atoms with van der Waals surface area (Å²) in [6, 6.07) is 0. The molecule has 0 bridgehead atoms. The van der Waals surface area contributed by atoms with Crippen LogP contribution in [0.4, 0.5) is 4.79 Å². The summed E-state index contributed by atoms with van der Waals surface area (Å²) in [5, 5.41) is 0. The van der Waals surface area contributed by atoms with Gasteiger partial charge in [0.25, 0.3) is 0 Å². The zero-order valence-corrected chi connectivity index (χ0v) is 19.9. The lowest BCUT2D eigenvalue weighted by atomic mass is 10.1. The number of ether oxygens (including phenoxy) is 2. The number of carbonyl (C=O) groups is 1. The topological polar surface area (TPSA) is 35.5 Å². The van der Waals surface area contributed by atoms with E-state index in [9.17, 15) is 4.79 Å². The molecular formula is C27H48O3. The maximum atomic E-state index is 11.5. The molecule has 0 saturated carbocycles. The summed E-state index contributed by atoms with van der Waals surface area (Å²) < 4.78 is 10.2. The van der Waals surface area contributed by atoms with Gasteiger partial charge in [-0.15, -0.1) is 0 Å². The van der Waals surface area contributed by atoms with Crippen molar-refractivity contribution in [1.82, 2.24) is 0 Å². The maximum absolute atomic E-state index is 11.5. The monoisotopic (exact) mass is 420 g/mol. The van der Waals surface area contributed by atoms with Gasteiger partial charge >= 0.3 is 6.16 Å². The van der Waals surface area contributed by atoms with Crippen LogP contribution in [-0.4, -0.2) is 19.4 Å². The van der Waals surface area contributed by atoms with Crippen molar-refractivity contribution in [3.8, 4) is 0 Å². The second-order valence-electron chi connectivity index (χ2n) is 7.92. The highest BCUT2D eigenvalue weighted by Crippen LogP contribution is 2.09. The fraction of sp³-hybridized carbons (Fsp3) is 0.741. The molecule has 3 heteroatoms. The zero-order valence-electron chi connectivity index (χ0n) is 19.9. The SMILES string of the molecule is CC/C=C\C/C=C\C/C=C\CCCCCCCCOC(=O)OCCCCCCCC. The number of carbonyl (C=O) groups excluding carboxylic acids is 1. The van der Waals surface area contributed by atoms with Crippen LogP contribution in [0.2, 0.25) is 0 Å². The lowest BCUT2D eigenvalue weighted by Gasteiger charge is -2.06. The Kier molecular flexibility index (Phi) is 24.2. The first-order chi connectivity index (χ1) is 14.8. The molecule has 0 amide bonds. The van der Waals surface area contributed by atoms with Gasteiger partial charge < -0.3 is 9.47 Å². The van der Waals surface area contributed by atoms with Crippen LogP contribution >= 0.6 is 0 Å². The van der Waals surface area contributed by atoms with E-state index in [1.54, 1.807) is 0 Å². The van der Waals surface area contributed by atoms with Gasteiger partial charge in [0.15, 0.2) is 0 Å². The molecule has 30 heavy (non-hydrogen) atoms. The molecule has 0 N–H and O–H groups in total. The highest BCUT2D eigenvalue weighted by atomic mass is 16.7. The lowest BCUT2D eigenvalue weighted by molar-refractivity contribution is 0.0529. The summed E-state index contributed by atoms with van der Waals surface area (Å²) in [6.07, 6.45) is 31.6. The number of unbranched alkanes of at least 4 members (excludes halogenated alkanes) is 11. The Bertz CT molecular complexity index is 437. The number of allylic oxidation sites excluding steroid dienone is 6. The summed E-state index contributed by atoms with van der Waals surface area (Å²) in [6.45, 7) is 5.35. The lowest BCUT2D eigenvalue weighted by Crippen LogP contribution is -2.09. The predicted octanol–water partition coefficient (Wildman–Crippen LogP) is 9.09. The Morgan fingerprint density at radius 3 is 1.60 bits per heavy atom. The van der Waals surface area contributed by atoms with E-state index in [0.29, 0.717) is 13.2 Å². The zero-order chi connectivity index (χ0) is 22.0. The van der Waals surface area contributed by atoms with Crippen molar-refractivity contribution in [1.29, 1.82) is 0 Å². The molecule has 174 valence electrons. The quantitative estimate of drug-likeness (QED) is 0.105. The van der Waals surface area contributed by atoms with Crippen molar-refractivity contribution < 1.29 is 14.3 Å². The van der Waals surface area contributed by atoms with Gasteiger partial charge in [-0.2, -0.15) is 0 Å². The molecule has 0 saturated heterocycles. The molecule has 3 nitrogen and oxygen atoms in total. The first-order valence-corrected chi connectivity index (χ1v) is 12.6. The van der Waals surface area contributed by atoms with Gasteiger partial charge in [0.05, 0.1) is 13.2 Å². The molecule has 0 aromatic carbocycles. The second-order valence-corrected chi connectivity index (χ2v) is 7.92. The molecular weight excluding hydrogens is 372 g/mol. The average Bonchev–Trinajstić information content (AvgIpc) is 2.75. The Morgan fingerprint density at radius 2 is 1.03 bits per heavy atom. The van der Waals surface area contributed by atoms with E-state index in [-0.39, 0.29) is 0 Å². The summed E-state index contributed by atoms with van der Waals surface area (Å²) in [5.41, 5.74) is 0. The van der Waals surface area contributed by atoms with Crippen molar-refractivity contribution in [2.45, 2.75) is 117 Å². The molecule has 0 unspecified atom stereocenters. The Balaban J connectivity index is 3.25. The van der Waals surface area contributed by atoms with Crippen molar-refractivity contribution >= 4 is 6.16 Å². The molecule has 0 heterocycles. The van der Waals surface area contributed by atoms with Gasteiger partial charge in [0.2, 0.25) is 0 Å². The van der Waals surface area contributed by atoms with Crippen LogP contribution < -0.4 is 0 Å². The summed E-state index contributed by atoms with van der Waals surface area (Å²) in [4.78, 5) is 11.5. The van der Waals surface area contributed by atoms with Crippen LogP contribution in [0.25, 0.3) is 0 Å². The van der Waals surface area contributed by atoms with Gasteiger partial charge in [-0.1, -0.05) is 108 Å². The fourth-order valence-electron chi connectivity index (χ4n) is 3.13. The van der Waals surface area contributed by atoms with Gasteiger partial charge in [0, 0.05) is 0 Å². The molecule has 0 aliphatic carbocycles. The van der Waals surface area contributed by atoms with Gasteiger partial charge in [0.1, 0.15) is 0 Å². The highest BCUT2D eigenvalue weighted by molar-refractivity contribution is 5.59. The Morgan fingerprint density at radius 1 is 0.567 bits per heavy atom. The number of rotatable bonds is 21. The summed E-state index contributed by atoms with van der Waals surface area (Å²) >= 11 is 0. The molecule has 0 fully saturated rings.